The van der Waals surface area contributed by atoms with Crippen LogP contribution in [0.4, 0.5) is 10.1 Å². The Balaban J connectivity index is 0.000001000. The van der Waals surface area contributed by atoms with Crippen molar-refractivity contribution in [1.82, 2.24) is 0 Å². The summed E-state index contributed by atoms with van der Waals surface area (Å²) in [5, 5.41) is 0.170. The molecule has 0 amide bonds. The number of hydrogen-bond donors (Lipinski definition) is 1. The largest absolute Gasteiger partial charge is 0.397 e. The van der Waals surface area contributed by atoms with Gasteiger partial charge in [-0.3, -0.25) is 0 Å². The van der Waals surface area contributed by atoms with Crippen LogP contribution in [0, 0.1) is 5.82 Å². The first-order valence-corrected chi connectivity index (χ1v) is 3.27. The molecule has 62 valence electrons. The van der Waals surface area contributed by atoms with Crippen molar-refractivity contribution < 1.29 is 4.39 Å². The number of halogens is 4. The van der Waals surface area contributed by atoms with Gasteiger partial charge in [0.25, 0.3) is 0 Å². The van der Waals surface area contributed by atoms with Crippen LogP contribution in [0.25, 0.3) is 0 Å². The number of benzene rings is 1. The van der Waals surface area contributed by atoms with E-state index in [1.807, 2.05) is 0 Å². The second-order valence-corrected chi connectivity index (χ2v) is 2.60. The summed E-state index contributed by atoms with van der Waals surface area (Å²) in [6, 6.07) is 2.36. The molecule has 5 heteroatoms. The molecular weight excluding hydrogens is 211 g/mol. The summed E-state index contributed by atoms with van der Waals surface area (Å²) in [7, 11) is 0. The first kappa shape index (κ1) is 10.8. The molecule has 1 aromatic rings. The van der Waals surface area contributed by atoms with Crippen LogP contribution in [-0.2, 0) is 0 Å². The standard InChI is InChI=1S/C6H4Cl2FN.ClH/c7-3-2-6(10)4(8)1-5(3)9;/h1-2H,10H2;1H. The smallest absolute Gasteiger partial charge is 0.143 e. The minimum atomic E-state index is -0.555. The third-order valence-electron chi connectivity index (χ3n) is 1.04. The molecule has 0 radical (unpaired) electrons. The molecule has 1 rings (SSSR count). The summed E-state index contributed by atoms with van der Waals surface area (Å²) in [5.41, 5.74) is 5.59. The predicted octanol–water partition coefficient (Wildman–Crippen LogP) is 3.14. The fourth-order valence-corrected chi connectivity index (χ4v) is 0.860. The van der Waals surface area contributed by atoms with Gasteiger partial charge in [0.05, 0.1) is 15.7 Å². The Kier molecular flexibility index (Phi) is 3.93. The lowest BCUT2D eigenvalue weighted by molar-refractivity contribution is 0.628. The van der Waals surface area contributed by atoms with E-state index >= 15 is 0 Å². The lowest BCUT2D eigenvalue weighted by Crippen LogP contribution is -1.87. The van der Waals surface area contributed by atoms with Crippen molar-refractivity contribution in [3.05, 3.63) is 28.0 Å². The Morgan fingerprint density at radius 1 is 1.18 bits per heavy atom. The fraction of sp³-hybridized carbons (Fsp3) is 0. The highest BCUT2D eigenvalue weighted by atomic mass is 35.5. The number of hydrogen-bond acceptors (Lipinski definition) is 1. The summed E-state index contributed by atoms with van der Waals surface area (Å²) in [6.45, 7) is 0. The van der Waals surface area contributed by atoms with E-state index in [4.69, 9.17) is 28.9 Å². The molecule has 0 aromatic heterocycles. The van der Waals surface area contributed by atoms with Gasteiger partial charge in [0.15, 0.2) is 0 Å². The Labute approximate surface area is 79.7 Å². The molecule has 11 heavy (non-hydrogen) atoms. The fourth-order valence-electron chi connectivity index (χ4n) is 0.538. The average molecular weight is 216 g/mol. The van der Waals surface area contributed by atoms with Gasteiger partial charge in [-0.25, -0.2) is 4.39 Å². The van der Waals surface area contributed by atoms with Crippen molar-refractivity contribution in [2.24, 2.45) is 0 Å². The molecular formula is C6H5Cl3FN. The van der Waals surface area contributed by atoms with Gasteiger partial charge in [-0.2, -0.15) is 0 Å². The van der Waals surface area contributed by atoms with Crippen LogP contribution in [0.15, 0.2) is 12.1 Å². The Bertz CT molecular complexity index is 214. The topological polar surface area (TPSA) is 26.0 Å². The number of anilines is 1. The zero-order valence-corrected chi connectivity index (χ0v) is 7.60. The molecule has 1 aromatic carbocycles. The van der Waals surface area contributed by atoms with Crippen LogP contribution < -0.4 is 5.73 Å². The van der Waals surface area contributed by atoms with Gasteiger partial charge in [0.1, 0.15) is 5.82 Å². The van der Waals surface area contributed by atoms with Crippen LogP contribution in [0.5, 0.6) is 0 Å². The van der Waals surface area contributed by atoms with E-state index in [0.717, 1.165) is 6.07 Å². The van der Waals surface area contributed by atoms with E-state index in [1.165, 1.54) is 6.07 Å². The highest BCUT2D eigenvalue weighted by molar-refractivity contribution is 6.35. The van der Waals surface area contributed by atoms with Crippen LogP contribution in [0.1, 0.15) is 0 Å². The monoisotopic (exact) mass is 215 g/mol. The molecule has 0 aliphatic rings. The van der Waals surface area contributed by atoms with Crippen LogP contribution >= 0.6 is 35.6 Å². The lowest BCUT2D eigenvalue weighted by atomic mass is 10.3. The number of nitrogen functional groups attached to an aromatic ring is 1. The van der Waals surface area contributed by atoms with Crippen molar-refractivity contribution in [2.75, 3.05) is 5.73 Å². The number of nitrogens with two attached hydrogens (primary N) is 1. The molecule has 0 spiro atoms. The highest BCUT2D eigenvalue weighted by Crippen LogP contribution is 2.25. The number of rotatable bonds is 0. The van der Waals surface area contributed by atoms with E-state index in [0.29, 0.717) is 0 Å². The van der Waals surface area contributed by atoms with E-state index in [1.54, 1.807) is 0 Å². The summed E-state index contributed by atoms with van der Waals surface area (Å²) >= 11 is 10.8. The maximum absolute atomic E-state index is 12.5. The maximum Gasteiger partial charge on any atom is 0.143 e. The van der Waals surface area contributed by atoms with Crippen molar-refractivity contribution in [1.29, 1.82) is 0 Å². The molecule has 0 atom stereocenters. The Morgan fingerprint density at radius 3 is 2.18 bits per heavy atom. The summed E-state index contributed by atoms with van der Waals surface area (Å²) in [4.78, 5) is 0. The Hall–Kier alpha value is -0.180. The van der Waals surface area contributed by atoms with Crippen LogP contribution in [0.3, 0.4) is 0 Å². The van der Waals surface area contributed by atoms with Crippen molar-refractivity contribution >= 4 is 41.3 Å². The zero-order valence-electron chi connectivity index (χ0n) is 5.27. The highest BCUT2D eigenvalue weighted by Gasteiger charge is 2.02. The van der Waals surface area contributed by atoms with Gasteiger partial charge in [0.2, 0.25) is 0 Å². The second-order valence-electron chi connectivity index (χ2n) is 1.79. The predicted molar refractivity (Wildman–Crippen MR) is 48.1 cm³/mol. The summed E-state index contributed by atoms with van der Waals surface area (Å²) in [6.07, 6.45) is 0. The molecule has 0 saturated heterocycles. The molecule has 0 unspecified atom stereocenters. The van der Waals surface area contributed by atoms with Crippen LogP contribution in [0.2, 0.25) is 10.0 Å². The van der Waals surface area contributed by atoms with Gasteiger partial charge in [0, 0.05) is 0 Å². The van der Waals surface area contributed by atoms with Gasteiger partial charge in [-0.1, -0.05) is 23.2 Å². The molecule has 0 aliphatic carbocycles. The maximum atomic E-state index is 12.5. The van der Waals surface area contributed by atoms with E-state index in [2.05, 4.69) is 0 Å². The Morgan fingerprint density at radius 2 is 1.73 bits per heavy atom. The molecule has 1 nitrogen and oxygen atoms in total. The average Bonchev–Trinajstić information content (AvgIpc) is 1.84. The third-order valence-corrected chi connectivity index (χ3v) is 1.66. The molecule has 0 heterocycles. The lowest BCUT2D eigenvalue weighted by Gasteiger charge is -1.98. The third kappa shape index (κ3) is 2.40. The van der Waals surface area contributed by atoms with Gasteiger partial charge < -0.3 is 5.73 Å². The molecule has 0 saturated carbocycles. The quantitative estimate of drug-likeness (QED) is 0.523. The first-order chi connectivity index (χ1) is 4.61. The summed E-state index contributed by atoms with van der Waals surface area (Å²) < 4.78 is 12.5. The summed E-state index contributed by atoms with van der Waals surface area (Å²) in [5.74, 6) is -0.555. The van der Waals surface area contributed by atoms with Crippen molar-refractivity contribution in [3.63, 3.8) is 0 Å². The molecule has 2 N–H and O–H groups in total. The molecule has 0 aliphatic heterocycles. The van der Waals surface area contributed by atoms with Crippen molar-refractivity contribution in [3.8, 4) is 0 Å². The van der Waals surface area contributed by atoms with Gasteiger partial charge in [-0.05, 0) is 12.1 Å². The molecule has 0 fully saturated rings. The van der Waals surface area contributed by atoms with Crippen molar-refractivity contribution in [2.45, 2.75) is 0 Å². The van der Waals surface area contributed by atoms with Gasteiger partial charge >= 0.3 is 0 Å². The first-order valence-electron chi connectivity index (χ1n) is 2.51. The van der Waals surface area contributed by atoms with E-state index in [-0.39, 0.29) is 28.1 Å². The normalized spacial score (nSPS) is 9.00. The SMILES string of the molecule is Cl.Nc1cc(Cl)c(F)cc1Cl. The van der Waals surface area contributed by atoms with E-state index in [9.17, 15) is 4.39 Å². The second kappa shape index (κ2) is 4.00. The minimum Gasteiger partial charge on any atom is -0.397 e. The van der Waals surface area contributed by atoms with Crippen LogP contribution in [-0.4, -0.2) is 0 Å². The van der Waals surface area contributed by atoms with Gasteiger partial charge in [-0.15, -0.1) is 12.4 Å². The zero-order chi connectivity index (χ0) is 7.72. The molecule has 0 bridgehead atoms. The van der Waals surface area contributed by atoms with E-state index < -0.39 is 5.82 Å². The minimum absolute atomic E-state index is 0.